The standard InChI is InChI=1S/C14H14O6/c1-4-19-14(17)10-7(2)20-9-6-5-8(15)11(12(9)10)13(16)18-3/h5-6,15H,4H2,1-3H3. The lowest BCUT2D eigenvalue weighted by molar-refractivity contribution is 0.0526. The van der Waals surface area contributed by atoms with Crippen molar-refractivity contribution in [1.82, 2.24) is 0 Å². The molecule has 0 atom stereocenters. The van der Waals surface area contributed by atoms with Crippen molar-refractivity contribution in [2.45, 2.75) is 13.8 Å². The molecule has 1 heterocycles. The number of furan rings is 1. The maximum Gasteiger partial charge on any atom is 0.342 e. The van der Waals surface area contributed by atoms with E-state index in [1.165, 1.54) is 19.2 Å². The van der Waals surface area contributed by atoms with Crippen LogP contribution in [0.5, 0.6) is 5.75 Å². The predicted molar refractivity (Wildman–Crippen MR) is 69.9 cm³/mol. The van der Waals surface area contributed by atoms with Crippen LogP contribution in [0.4, 0.5) is 0 Å². The molecule has 2 rings (SSSR count). The molecule has 0 radical (unpaired) electrons. The Morgan fingerprint density at radius 2 is 1.95 bits per heavy atom. The largest absolute Gasteiger partial charge is 0.507 e. The van der Waals surface area contributed by atoms with E-state index in [-0.39, 0.29) is 28.9 Å². The first-order valence-corrected chi connectivity index (χ1v) is 6.01. The van der Waals surface area contributed by atoms with Crippen LogP contribution < -0.4 is 0 Å². The van der Waals surface area contributed by atoms with Crippen molar-refractivity contribution >= 4 is 22.9 Å². The minimum atomic E-state index is -0.751. The van der Waals surface area contributed by atoms with Crippen molar-refractivity contribution < 1.29 is 28.6 Å². The van der Waals surface area contributed by atoms with Gasteiger partial charge in [-0.3, -0.25) is 0 Å². The Morgan fingerprint density at radius 3 is 2.55 bits per heavy atom. The molecule has 6 nitrogen and oxygen atoms in total. The molecule has 106 valence electrons. The summed E-state index contributed by atoms with van der Waals surface area (Å²) in [6.07, 6.45) is 0. The Bertz CT molecular complexity index is 683. The van der Waals surface area contributed by atoms with Gasteiger partial charge in [0, 0.05) is 0 Å². The van der Waals surface area contributed by atoms with Crippen LogP contribution in [0.25, 0.3) is 11.0 Å². The summed E-state index contributed by atoms with van der Waals surface area (Å²) in [5, 5.41) is 10.1. The smallest absolute Gasteiger partial charge is 0.342 e. The third-order valence-electron chi connectivity index (χ3n) is 2.88. The number of ether oxygens (including phenoxy) is 2. The van der Waals surface area contributed by atoms with Crippen LogP contribution in [0.3, 0.4) is 0 Å². The van der Waals surface area contributed by atoms with Gasteiger partial charge >= 0.3 is 11.9 Å². The molecule has 1 N–H and O–H groups in total. The Labute approximate surface area is 114 Å². The van der Waals surface area contributed by atoms with Crippen LogP contribution >= 0.6 is 0 Å². The normalized spacial score (nSPS) is 10.6. The number of phenolic OH excluding ortho intramolecular Hbond substituents is 1. The van der Waals surface area contributed by atoms with Crippen molar-refractivity contribution in [2.24, 2.45) is 0 Å². The lowest BCUT2D eigenvalue weighted by Gasteiger charge is -2.06. The van der Waals surface area contributed by atoms with Crippen LogP contribution in [-0.4, -0.2) is 30.8 Å². The van der Waals surface area contributed by atoms with Crippen LogP contribution in [-0.2, 0) is 9.47 Å². The number of esters is 2. The predicted octanol–water partition coefficient (Wildman–Crippen LogP) is 2.41. The number of aryl methyl sites for hydroxylation is 1. The lowest BCUT2D eigenvalue weighted by atomic mass is 10.0. The van der Waals surface area contributed by atoms with Crippen molar-refractivity contribution in [1.29, 1.82) is 0 Å². The maximum atomic E-state index is 12.0. The van der Waals surface area contributed by atoms with Crippen molar-refractivity contribution in [3.05, 3.63) is 29.0 Å². The summed E-state index contributed by atoms with van der Waals surface area (Å²) >= 11 is 0. The quantitative estimate of drug-likeness (QED) is 0.868. The van der Waals surface area contributed by atoms with E-state index in [1.807, 2.05) is 0 Å². The molecule has 0 bridgehead atoms. The van der Waals surface area contributed by atoms with Gasteiger partial charge in [-0.2, -0.15) is 0 Å². The van der Waals surface area contributed by atoms with E-state index in [1.54, 1.807) is 13.8 Å². The van der Waals surface area contributed by atoms with Gasteiger partial charge in [-0.25, -0.2) is 9.59 Å². The highest BCUT2D eigenvalue weighted by Gasteiger charge is 2.27. The fraction of sp³-hybridized carbons (Fsp3) is 0.286. The molecule has 1 aromatic heterocycles. The summed E-state index contributed by atoms with van der Waals surface area (Å²) < 4.78 is 15.0. The SMILES string of the molecule is CCOC(=O)c1c(C)oc2ccc(O)c(C(=O)OC)c12. The Balaban J connectivity index is 2.81. The van der Waals surface area contributed by atoms with E-state index in [2.05, 4.69) is 4.74 Å². The molecule has 0 amide bonds. The number of carbonyl (C=O) groups excluding carboxylic acids is 2. The maximum absolute atomic E-state index is 12.0. The number of benzene rings is 1. The fourth-order valence-corrected chi connectivity index (χ4v) is 2.06. The summed E-state index contributed by atoms with van der Waals surface area (Å²) in [4.78, 5) is 23.8. The molecule has 0 saturated carbocycles. The molecule has 1 aromatic carbocycles. The van der Waals surface area contributed by atoms with Gasteiger partial charge in [-0.05, 0) is 26.0 Å². The van der Waals surface area contributed by atoms with Gasteiger partial charge in [-0.1, -0.05) is 0 Å². The van der Waals surface area contributed by atoms with Crippen LogP contribution in [0, 0.1) is 6.92 Å². The lowest BCUT2D eigenvalue weighted by Crippen LogP contribution is -2.08. The minimum Gasteiger partial charge on any atom is -0.507 e. The molecular formula is C14H14O6. The zero-order chi connectivity index (χ0) is 14.9. The van der Waals surface area contributed by atoms with Gasteiger partial charge < -0.3 is 19.0 Å². The highest BCUT2D eigenvalue weighted by atomic mass is 16.5. The first-order chi connectivity index (χ1) is 9.51. The van der Waals surface area contributed by atoms with E-state index in [0.29, 0.717) is 11.3 Å². The van der Waals surface area contributed by atoms with Gasteiger partial charge in [-0.15, -0.1) is 0 Å². The molecule has 0 unspecified atom stereocenters. The molecular weight excluding hydrogens is 264 g/mol. The molecule has 2 aromatic rings. The molecule has 0 aliphatic rings. The molecule has 6 heteroatoms. The molecule has 0 saturated heterocycles. The summed E-state index contributed by atoms with van der Waals surface area (Å²) in [6, 6.07) is 2.79. The van der Waals surface area contributed by atoms with Gasteiger partial charge in [0.25, 0.3) is 0 Å². The average Bonchev–Trinajstić information content (AvgIpc) is 2.74. The van der Waals surface area contributed by atoms with Crippen molar-refractivity contribution in [3.8, 4) is 5.75 Å². The molecule has 0 fully saturated rings. The second-order valence-electron chi connectivity index (χ2n) is 4.08. The van der Waals surface area contributed by atoms with Crippen LogP contribution in [0.2, 0.25) is 0 Å². The summed E-state index contributed by atoms with van der Waals surface area (Å²) in [5.74, 6) is -1.33. The molecule has 20 heavy (non-hydrogen) atoms. The van der Waals surface area contributed by atoms with Crippen LogP contribution in [0.1, 0.15) is 33.4 Å². The summed E-state index contributed by atoms with van der Waals surface area (Å²) in [7, 11) is 1.19. The van der Waals surface area contributed by atoms with E-state index in [0.717, 1.165) is 0 Å². The third-order valence-corrected chi connectivity index (χ3v) is 2.88. The monoisotopic (exact) mass is 278 g/mol. The van der Waals surface area contributed by atoms with E-state index >= 15 is 0 Å². The fourth-order valence-electron chi connectivity index (χ4n) is 2.06. The Hall–Kier alpha value is -2.50. The number of hydrogen-bond acceptors (Lipinski definition) is 6. The zero-order valence-electron chi connectivity index (χ0n) is 11.4. The van der Waals surface area contributed by atoms with Gasteiger partial charge in [0.2, 0.25) is 0 Å². The van der Waals surface area contributed by atoms with Crippen LogP contribution in [0.15, 0.2) is 16.5 Å². The number of fused-ring (bicyclic) bond motifs is 1. The second kappa shape index (κ2) is 5.24. The number of methoxy groups -OCH3 is 1. The number of carbonyl (C=O) groups is 2. The zero-order valence-corrected chi connectivity index (χ0v) is 11.4. The van der Waals surface area contributed by atoms with E-state index in [9.17, 15) is 14.7 Å². The number of hydrogen-bond donors (Lipinski definition) is 1. The second-order valence-corrected chi connectivity index (χ2v) is 4.08. The highest BCUT2D eigenvalue weighted by Crippen LogP contribution is 2.34. The van der Waals surface area contributed by atoms with Crippen molar-refractivity contribution in [3.63, 3.8) is 0 Å². The van der Waals surface area contributed by atoms with Gasteiger partial charge in [0.15, 0.2) is 0 Å². The number of rotatable bonds is 3. The number of aromatic hydroxyl groups is 1. The van der Waals surface area contributed by atoms with E-state index in [4.69, 9.17) is 9.15 Å². The first kappa shape index (κ1) is 13.9. The summed E-state index contributed by atoms with van der Waals surface area (Å²) in [6.45, 7) is 3.45. The van der Waals surface area contributed by atoms with Crippen molar-refractivity contribution in [2.75, 3.05) is 13.7 Å². The molecule has 0 aliphatic heterocycles. The molecule has 0 aliphatic carbocycles. The average molecular weight is 278 g/mol. The number of phenols is 1. The Morgan fingerprint density at radius 1 is 1.25 bits per heavy atom. The molecule has 0 spiro atoms. The van der Waals surface area contributed by atoms with Gasteiger partial charge in [0.05, 0.1) is 19.1 Å². The first-order valence-electron chi connectivity index (χ1n) is 6.01. The Kier molecular flexibility index (Phi) is 3.65. The summed E-state index contributed by atoms with van der Waals surface area (Å²) in [5.41, 5.74) is 0.326. The van der Waals surface area contributed by atoms with E-state index < -0.39 is 11.9 Å². The third kappa shape index (κ3) is 2.09. The van der Waals surface area contributed by atoms with Gasteiger partial charge in [0.1, 0.15) is 28.2 Å². The highest BCUT2D eigenvalue weighted by molar-refractivity contribution is 6.14. The minimum absolute atomic E-state index is 0.107. The topological polar surface area (TPSA) is 86.0 Å².